The lowest BCUT2D eigenvalue weighted by Gasteiger charge is -2.13. The first-order chi connectivity index (χ1) is 8.20. The van der Waals surface area contributed by atoms with Crippen LogP contribution in [-0.2, 0) is 4.79 Å². The zero-order valence-electron chi connectivity index (χ0n) is 9.73. The van der Waals surface area contributed by atoms with Crippen LogP contribution < -0.4 is 10.1 Å². The number of ether oxygens (including phenoxy) is 1. The number of amides is 1. The minimum atomic E-state index is -0.177. The van der Waals surface area contributed by atoms with E-state index in [-0.39, 0.29) is 5.91 Å². The third-order valence-electron chi connectivity index (χ3n) is 2.64. The highest BCUT2D eigenvalue weighted by molar-refractivity contribution is 5.93. The van der Waals surface area contributed by atoms with E-state index in [9.17, 15) is 9.59 Å². The molecule has 2 rings (SSSR count). The molecule has 1 aliphatic rings. The molecule has 0 aliphatic heterocycles. The van der Waals surface area contributed by atoms with E-state index in [2.05, 4.69) is 5.32 Å². The summed E-state index contributed by atoms with van der Waals surface area (Å²) in [5.41, 5.74) is 1.03. The zero-order valence-corrected chi connectivity index (χ0v) is 9.73. The van der Waals surface area contributed by atoms with E-state index >= 15 is 0 Å². The number of carbonyl (C=O) groups excluding carboxylic acids is 2. The quantitative estimate of drug-likeness (QED) is 0.793. The SMILES string of the molecule is CC(=O)Nc1cccc(C=O)c1OCC1CC1. The van der Waals surface area contributed by atoms with Gasteiger partial charge in [-0.3, -0.25) is 9.59 Å². The van der Waals surface area contributed by atoms with Crippen molar-refractivity contribution in [2.45, 2.75) is 19.8 Å². The van der Waals surface area contributed by atoms with Crippen LogP contribution in [0.1, 0.15) is 30.1 Å². The largest absolute Gasteiger partial charge is 0.490 e. The molecule has 0 unspecified atom stereocenters. The lowest BCUT2D eigenvalue weighted by atomic mass is 10.2. The maximum absolute atomic E-state index is 11.1. The summed E-state index contributed by atoms with van der Waals surface area (Å²) >= 11 is 0. The molecule has 1 aliphatic carbocycles. The number of benzene rings is 1. The van der Waals surface area contributed by atoms with Crippen LogP contribution >= 0.6 is 0 Å². The summed E-state index contributed by atoms with van der Waals surface area (Å²) in [5, 5.41) is 2.67. The van der Waals surface area contributed by atoms with Crippen molar-refractivity contribution in [2.24, 2.45) is 5.92 Å². The molecule has 0 heterocycles. The Balaban J connectivity index is 2.21. The van der Waals surface area contributed by atoms with Gasteiger partial charge in [-0.05, 0) is 30.9 Å². The van der Waals surface area contributed by atoms with E-state index in [1.807, 2.05) is 0 Å². The Morgan fingerprint density at radius 3 is 2.88 bits per heavy atom. The predicted molar refractivity (Wildman–Crippen MR) is 64.4 cm³/mol. The van der Waals surface area contributed by atoms with Gasteiger partial charge in [0.1, 0.15) is 0 Å². The topological polar surface area (TPSA) is 55.4 Å². The van der Waals surface area contributed by atoms with Crippen LogP contribution in [0.4, 0.5) is 5.69 Å². The van der Waals surface area contributed by atoms with Crippen LogP contribution in [0.15, 0.2) is 18.2 Å². The zero-order chi connectivity index (χ0) is 12.3. The van der Waals surface area contributed by atoms with Gasteiger partial charge < -0.3 is 10.1 Å². The summed E-state index contributed by atoms with van der Waals surface area (Å²) in [7, 11) is 0. The minimum Gasteiger partial charge on any atom is -0.490 e. The lowest BCUT2D eigenvalue weighted by molar-refractivity contribution is -0.114. The molecule has 4 nitrogen and oxygen atoms in total. The first-order valence-corrected chi connectivity index (χ1v) is 5.69. The van der Waals surface area contributed by atoms with E-state index < -0.39 is 0 Å². The lowest BCUT2D eigenvalue weighted by Crippen LogP contribution is -2.10. The normalized spacial score (nSPS) is 14.2. The van der Waals surface area contributed by atoms with Gasteiger partial charge in [-0.25, -0.2) is 0 Å². The fourth-order valence-corrected chi connectivity index (χ4v) is 1.58. The highest BCUT2D eigenvalue weighted by atomic mass is 16.5. The standard InChI is InChI=1S/C13H15NO3/c1-9(16)14-12-4-2-3-11(7-15)13(12)17-8-10-5-6-10/h2-4,7,10H,5-6,8H2,1H3,(H,14,16). The summed E-state index contributed by atoms with van der Waals surface area (Å²) in [5.74, 6) is 0.897. The van der Waals surface area contributed by atoms with E-state index in [0.717, 1.165) is 6.29 Å². The fraction of sp³-hybridized carbons (Fsp3) is 0.385. The van der Waals surface area contributed by atoms with Gasteiger partial charge in [-0.1, -0.05) is 6.07 Å². The van der Waals surface area contributed by atoms with Crippen LogP contribution in [0.3, 0.4) is 0 Å². The molecule has 0 spiro atoms. The Bertz CT molecular complexity index is 438. The molecule has 1 fully saturated rings. The molecule has 17 heavy (non-hydrogen) atoms. The number of carbonyl (C=O) groups is 2. The van der Waals surface area contributed by atoms with Gasteiger partial charge in [0.15, 0.2) is 12.0 Å². The number of nitrogens with one attached hydrogen (secondary N) is 1. The predicted octanol–water partition coefficient (Wildman–Crippen LogP) is 2.25. The molecule has 0 aromatic heterocycles. The van der Waals surface area contributed by atoms with E-state index in [1.165, 1.54) is 19.8 Å². The first-order valence-electron chi connectivity index (χ1n) is 5.69. The molecule has 0 atom stereocenters. The van der Waals surface area contributed by atoms with Crippen molar-refractivity contribution < 1.29 is 14.3 Å². The average Bonchev–Trinajstić information content (AvgIpc) is 3.10. The van der Waals surface area contributed by atoms with Crippen molar-refractivity contribution in [3.63, 3.8) is 0 Å². The van der Waals surface area contributed by atoms with Crippen molar-refractivity contribution in [3.8, 4) is 5.75 Å². The van der Waals surface area contributed by atoms with Crippen LogP contribution in [0, 0.1) is 5.92 Å². The van der Waals surface area contributed by atoms with Gasteiger partial charge in [0, 0.05) is 6.92 Å². The third-order valence-corrected chi connectivity index (χ3v) is 2.64. The Hall–Kier alpha value is -1.84. The molecule has 0 bridgehead atoms. The number of hydrogen-bond acceptors (Lipinski definition) is 3. The second kappa shape index (κ2) is 4.99. The van der Waals surface area contributed by atoms with Gasteiger partial charge in [-0.2, -0.15) is 0 Å². The maximum Gasteiger partial charge on any atom is 0.221 e. The summed E-state index contributed by atoms with van der Waals surface area (Å²) in [6.07, 6.45) is 3.10. The minimum absolute atomic E-state index is 0.177. The first kappa shape index (κ1) is 11.6. The van der Waals surface area contributed by atoms with Gasteiger partial charge >= 0.3 is 0 Å². The molecule has 0 saturated heterocycles. The summed E-state index contributed by atoms with van der Waals surface area (Å²) in [4.78, 5) is 22.0. The molecule has 1 N–H and O–H groups in total. The monoisotopic (exact) mass is 233 g/mol. The molecular weight excluding hydrogens is 218 g/mol. The van der Waals surface area contributed by atoms with E-state index in [1.54, 1.807) is 18.2 Å². The summed E-state index contributed by atoms with van der Waals surface area (Å²) < 4.78 is 5.64. The van der Waals surface area contributed by atoms with Crippen molar-refractivity contribution in [1.82, 2.24) is 0 Å². The van der Waals surface area contributed by atoms with Gasteiger partial charge in [0.25, 0.3) is 0 Å². The average molecular weight is 233 g/mol. The summed E-state index contributed by atoms with van der Waals surface area (Å²) in [6.45, 7) is 2.04. The Morgan fingerprint density at radius 1 is 1.53 bits per heavy atom. The molecule has 1 aromatic carbocycles. The van der Waals surface area contributed by atoms with Gasteiger partial charge in [-0.15, -0.1) is 0 Å². The highest BCUT2D eigenvalue weighted by Crippen LogP contribution is 2.33. The Labute approximate surface area is 100.0 Å². The van der Waals surface area contributed by atoms with Crippen LogP contribution in [0.2, 0.25) is 0 Å². The molecule has 0 radical (unpaired) electrons. The molecule has 4 heteroatoms. The van der Waals surface area contributed by atoms with Crippen molar-refractivity contribution >= 4 is 17.9 Å². The van der Waals surface area contributed by atoms with E-state index in [0.29, 0.717) is 29.5 Å². The number of rotatable bonds is 5. The molecule has 90 valence electrons. The second-order valence-electron chi connectivity index (χ2n) is 4.28. The molecule has 1 saturated carbocycles. The second-order valence-corrected chi connectivity index (χ2v) is 4.28. The molecular formula is C13H15NO3. The maximum atomic E-state index is 11.1. The third kappa shape index (κ3) is 3.06. The van der Waals surface area contributed by atoms with Crippen LogP contribution in [-0.4, -0.2) is 18.8 Å². The molecule has 1 amide bonds. The summed E-state index contributed by atoms with van der Waals surface area (Å²) in [6, 6.07) is 5.14. The Kier molecular flexibility index (Phi) is 3.42. The van der Waals surface area contributed by atoms with Gasteiger partial charge in [0.05, 0.1) is 17.9 Å². The highest BCUT2D eigenvalue weighted by Gasteiger charge is 2.23. The van der Waals surface area contributed by atoms with E-state index in [4.69, 9.17) is 4.74 Å². The smallest absolute Gasteiger partial charge is 0.221 e. The number of anilines is 1. The number of aldehydes is 1. The van der Waals surface area contributed by atoms with Crippen molar-refractivity contribution in [3.05, 3.63) is 23.8 Å². The van der Waals surface area contributed by atoms with Crippen LogP contribution in [0.5, 0.6) is 5.75 Å². The van der Waals surface area contributed by atoms with Crippen LogP contribution in [0.25, 0.3) is 0 Å². The fourth-order valence-electron chi connectivity index (χ4n) is 1.58. The number of para-hydroxylation sites is 1. The van der Waals surface area contributed by atoms with Gasteiger partial charge in [0.2, 0.25) is 5.91 Å². The van der Waals surface area contributed by atoms with Crippen molar-refractivity contribution in [2.75, 3.05) is 11.9 Å². The molecule has 1 aromatic rings. The Morgan fingerprint density at radius 2 is 2.29 bits per heavy atom. The number of hydrogen-bond donors (Lipinski definition) is 1. The van der Waals surface area contributed by atoms with Crippen molar-refractivity contribution in [1.29, 1.82) is 0 Å².